The zero-order chi connectivity index (χ0) is 14.8. The molecule has 2 fully saturated rings. The van der Waals surface area contributed by atoms with Gasteiger partial charge in [-0.25, -0.2) is 12.7 Å². The lowest BCUT2D eigenvalue weighted by atomic mass is 9.94. The van der Waals surface area contributed by atoms with Gasteiger partial charge in [0.15, 0.2) is 0 Å². The van der Waals surface area contributed by atoms with Gasteiger partial charge in [-0.3, -0.25) is 4.79 Å². The first-order valence-electron chi connectivity index (χ1n) is 7.66. The smallest absolute Gasteiger partial charge is 0.223 e. The number of nitrogens with one attached hydrogen (secondary N) is 1. The lowest BCUT2D eigenvalue weighted by Gasteiger charge is -2.33. The minimum Gasteiger partial charge on any atom is -0.351 e. The molecule has 1 aliphatic carbocycles. The van der Waals surface area contributed by atoms with Crippen LogP contribution >= 0.6 is 0 Å². The summed E-state index contributed by atoms with van der Waals surface area (Å²) in [7, 11) is -3.10. The number of hydrogen-bond donors (Lipinski definition) is 1. The van der Waals surface area contributed by atoms with Crippen LogP contribution in [-0.2, 0) is 14.8 Å². The maximum absolute atomic E-state index is 12.3. The minimum absolute atomic E-state index is 0.0317. The molecule has 6 heteroatoms. The molecule has 1 aliphatic heterocycles. The number of nitrogens with zero attached hydrogens (tertiary/aromatic N) is 1. The van der Waals surface area contributed by atoms with E-state index in [1.165, 1.54) is 17.1 Å². The van der Waals surface area contributed by atoms with Gasteiger partial charge in [0.1, 0.15) is 0 Å². The van der Waals surface area contributed by atoms with Crippen LogP contribution < -0.4 is 5.32 Å². The van der Waals surface area contributed by atoms with Gasteiger partial charge in [0.05, 0.1) is 5.75 Å². The topological polar surface area (TPSA) is 66.5 Å². The average Bonchev–Trinajstić information content (AvgIpc) is 2.85. The highest BCUT2D eigenvalue weighted by molar-refractivity contribution is 7.89. The molecule has 0 aromatic rings. The third-order valence-electron chi connectivity index (χ3n) is 4.71. The van der Waals surface area contributed by atoms with Crippen LogP contribution in [0.4, 0.5) is 0 Å². The van der Waals surface area contributed by atoms with Crippen LogP contribution in [0.25, 0.3) is 0 Å². The van der Waals surface area contributed by atoms with E-state index in [9.17, 15) is 13.2 Å². The van der Waals surface area contributed by atoms with E-state index in [2.05, 4.69) is 12.2 Å². The van der Waals surface area contributed by atoms with Crippen molar-refractivity contribution in [3.63, 3.8) is 0 Å². The van der Waals surface area contributed by atoms with Crippen LogP contribution in [0.2, 0.25) is 0 Å². The Morgan fingerprint density at radius 1 is 1.25 bits per heavy atom. The summed E-state index contributed by atoms with van der Waals surface area (Å²) in [5.74, 6) is 0.223. The van der Waals surface area contributed by atoms with Crippen molar-refractivity contribution in [3.05, 3.63) is 0 Å². The van der Waals surface area contributed by atoms with E-state index in [0.29, 0.717) is 25.9 Å². The van der Waals surface area contributed by atoms with E-state index >= 15 is 0 Å². The third-order valence-corrected chi connectivity index (χ3v) is 6.60. The molecular weight excluding hydrogens is 276 g/mol. The monoisotopic (exact) mass is 302 g/mol. The molecule has 0 bridgehead atoms. The predicted octanol–water partition coefficient (Wildman–Crippen LogP) is 1.50. The van der Waals surface area contributed by atoms with E-state index < -0.39 is 10.0 Å². The Balaban J connectivity index is 1.86. The Morgan fingerprint density at radius 2 is 1.80 bits per heavy atom. The molecule has 1 N–H and O–H groups in total. The van der Waals surface area contributed by atoms with Gasteiger partial charge in [-0.1, -0.05) is 12.8 Å². The van der Waals surface area contributed by atoms with Gasteiger partial charge in [-0.2, -0.15) is 0 Å². The second-order valence-corrected chi connectivity index (χ2v) is 8.59. The normalized spacial score (nSPS) is 24.7. The van der Waals surface area contributed by atoms with Crippen molar-refractivity contribution in [2.24, 2.45) is 5.92 Å². The number of carbonyl (C=O) groups excluding carboxylic acids is 1. The van der Waals surface area contributed by atoms with Crippen molar-refractivity contribution in [1.29, 1.82) is 0 Å². The first kappa shape index (κ1) is 15.8. The maximum atomic E-state index is 12.3. The molecule has 2 aliphatic rings. The minimum atomic E-state index is -3.10. The summed E-state index contributed by atoms with van der Waals surface area (Å²) in [6.45, 7) is 4.74. The summed E-state index contributed by atoms with van der Waals surface area (Å²) in [5, 5.41) is 3.19. The summed E-state index contributed by atoms with van der Waals surface area (Å²) < 4.78 is 25.1. The molecule has 1 heterocycles. The van der Waals surface area contributed by atoms with Gasteiger partial charge >= 0.3 is 0 Å². The third kappa shape index (κ3) is 3.52. The number of rotatable bonds is 4. The highest BCUT2D eigenvalue weighted by Gasteiger charge is 2.35. The van der Waals surface area contributed by atoms with E-state index in [0.717, 1.165) is 12.8 Å². The number of sulfonamides is 1. The van der Waals surface area contributed by atoms with Crippen molar-refractivity contribution in [2.75, 3.05) is 18.8 Å². The highest BCUT2D eigenvalue weighted by Crippen LogP contribution is 2.30. The zero-order valence-electron chi connectivity index (χ0n) is 12.5. The van der Waals surface area contributed by atoms with E-state index in [4.69, 9.17) is 0 Å². The Bertz CT molecular complexity index is 447. The van der Waals surface area contributed by atoms with Gasteiger partial charge in [0, 0.05) is 24.5 Å². The average molecular weight is 302 g/mol. The second kappa shape index (κ2) is 6.02. The predicted molar refractivity (Wildman–Crippen MR) is 78.8 cm³/mol. The van der Waals surface area contributed by atoms with E-state index in [-0.39, 0.29) is 23.1 Å². The van der Waals surface area contributed by atoms with Crippen LogP contribution in [0.5, 0.6) is 0 Å². The van der Waals surface area contributed by atoms with Crippen molar-refractivity contribution in [3.8, 4) is 0 Å². The molecule has 0 aromatic heterocycles. The van der Waals surface area contributed by atoms with Gasteiger partial charge in [-0.05, 0) is 39.5 Å². The van der Waals surface area contributed by atoms with Gasteiger partial charge in [-0.15, -0.1) is 0 Å². The number of amides is 1. The van der Waals surface area contributed by atoms with Gasteiger partial charge in [0.2, 0.25) is 15.9 Å². The SMILES string of the molecule is CCS(=O)(=O)N1CCC(C(=O)NC2(C)CCCC2)CC1. The Labute approximate surface area is 122 Å². The molecule has 2 rings (SSSR count). The highest BCUT2D eigenvalue weighted by atomic mass is 32.2. The largest absolute Gasteiger partial charge is 0.351 e. The van der Waals surface area contributed by atoms with E-state index in [1.807, 2.05) is 0 Å². The fraction of sp³-hybridized carbons (Fsp3) is 0.929. The summed E-state index contributed by atoms with van der Waals surface area (Å²) in [6, 6.07) is 0. The van der Waals surface area contributed by atoms with Crippen molar-refractivity contribution >= 4 is 15.9 Å². The number of carbonyl (C=O) groups is 1. The van der Waals surface area contributed by atoms with Crippen molar-refractivity contribution in [2.45, 2.75) is 57.9 Å². The maximum Gasteiger partial charge on any atom is 0.223 e. The molecule has 5 nitrogen and oxygen atoms in total. The fourth-order valence-electron chi connectivity index (χ4n) is 3.26. The molecule has 0 aromatic carbocycles. The molecule has 1 amide bonds. The number of hydrogen-bond acceptors (Lipinski definition) is 3. The lowest BCUT2D eigenvalue weighted by Crippen LogP contribution is -2.49. The van der Waals surface area contributed by atoms with Gasteiger partial charge in [0.25, 0.3) is 0 Å². The molecule has 116 valence electrons. The second-order valence-electron chi connectivity index (χ2n) is 6.33. The quantitative estimate of drug-likeness (QED) is 0.856. The molecule has 0 unspecified atom stereocenters. The zero-order valence-corrected chi connectivity index (χ0v) is 13.3. The summed E-state index contributed by atoms with van der Waals surface area (Å²) in [4.78, 5) is 12.3. The summed E-state index contributed by atoms with van der Waals surface area (Å²) in [6.07, 6.45) is 5.76. The lowest BCUT2D eigenvalue weighted by molar-refractivity contribution is -0.127. The van der Waals surface area contributed by atoms with Crippen molar-refractivity contribution in [1.82, 2.24) is 9.62 Å². The first-order chi connectivity index (χ1) is 9.36. The molecule has 0 radical (unpaired) electrons. The van der Waals surface area contributed by atoms with Crippen LogP contribution in [0.3, 0.4) is 0 Å². The van der Waals surface area contributed by atoms with Crippen molar-refractivity contribution < 1.29 is 13.2 Å². The molecule has 20 heavy (non-hydrogen) atoms. The van der Waals surface area contributed by atoms with Gasteiger partial charge < -0.3 is 5.32 Å². The molecule has 1 saturated carbocycles. The van der Waals surface area contributed by atoms with Crippen LogP contribution in [-0.4, -0.2) is 43.0 Å². The molecule has 0 atom stereocenters. The molecule has 1 saturated heterocycles. The summed E-state index contributed by atoms with van der Waals surface area (Å²) >= 11 is 0. The first-order valence-corrected chi connectivity index (χ1v) is 9.27. The Kier molecular flexibility index (Phi) is 4.74. The standard InChI is InChI=1S/C14H26N2O3S/c1-3-20(18,19)16-10-6-12(7-11-16)13(17)15-14(2)8-4-5-9-14/h12H,3-11H2,1-2H3,(H,15,17). The summed E-state index contributed by atoms with van der Waals surface area (Å²) in [5.41, 5.74) is -0.0380. The van der Waals surface area contributed by atoms with Crippen LogP contribution in [0.15, 0.2) is 0 Å². The Morgan fingerprint density at radius 3 is 2.30 bits per heavy atom. The van der Waals surface area contributed by atoms with Crippen LogP contribution in [0.1, 0.15) is 52.4 Å². The number of piperidine rings is 1. The van der Waals surface area contributed by atoms with E-state index in [1.54, 1.807) is 6.92 Å². The fourth-order valence-corrected chi connectivity index (χ4v) is 4.39. The molecule has 0 spiro atoms. The van der Waals surface area contributed by atoms with Crippen LogP contribution in [0, 0.1) is 5.92 Å². The Hall–Kier alpha value is -0.620. The molecular formula is C14H26N2O3S.